The lowest BCUT2D eigenvalue weighted by atomic mass is 10.0. The van der Waals surface area contributed by atoms with Crippen molar-refractivity contribution >= 4 is 0 Å². The van der Waals surface area contributed by atoms with E-state index in [0.29, 0.717) is 6.54 Å². The molecule has 1 rings (SSSR count). The van der Waals surface area contributed by atoms with Crippen LogP contribution in [0.15, 0.2) is 0 Å². The van der Waals surface area contributed by atoms with Crippen molar-refractivity contribution in [1.82, 2.24) is 4.90 Å². The van der Waals surface area contributed by atoms with Gasteiger partial charge >= 0.3 is 0 Å². The van der Waals surface area contributed by atoms with Crippen molar-refractivity contribution < 1.29 is 8.78 Å². The Morgan fingerprint density at radius 1 is 1.45 bits per heavy atom. The zero-order valence-electron chi connectivity index (χ0n) is 6.89. The Kier molecular flexibility index (Phi) is 3.24. The van der Waals surface area contributed by atoms with Crippen LogP contribution in [0.5, 0.6) is 0 Å². The number of hydrogen-bond donors (Lipinski definition) is 0. The SMILES string of the molecule is CCC1CCCCN1C(F)F. The lowest BCUT2D eigenvalue weighted by molar-refractivity contribution is -0.0680. The van der Waals surface area contributed by atoms with Crippen molar-refractivity contribution in [1.29, 1.82) is 0 Å². The van der Waals surface area contributed by atoms with Crippen LogP contribution >= 0.6 is 0 Å². The lowest BCUT2D eigenvalue weighted by Gasteiger charge is -2.33. The van der Waals surface area contributed by atoms with Crippen molar-refractivity contribution in [3.63, 3.8) is 0 Å². The molecule has 0 aliphatic carbocycles. The molecular formula is C8H15F2N. The molecule has 1 aliphatic heterocycles. The third-order valence-electron chi connectivity index (χ3n) is 2.39. The molecule has 1 unspecified atom stereocenters. The highest BCUT2D eigenvalue weighted by molar-refractivity contribution is 4.74. The molecule has 1 atom stereocenters. The summed E-state index contributed by atoms with van der Waals surface area (Å²) in [5, 5.41) is 0. The Bertz CT molecular complexity index is 117. The minimum absolute atomic E-state index is 0.128. The second kappa shape index (κ2) is 4.00. The van der Waals surface area contributed by atoms with Crippen molar-refractivity contribution in [2.45, 2.75) is 45.2 Å². The molecule has 3 heteroatoms. The molecule has 0 saturated carbocycles. The molecule has 0 aromatic heterocycles. The topological polar surface area (TPSA) is 3.24 Å². The molecule has 11 heavy (non-hydrogen) atoms. The number of hydrogen-bond acceptors (Lipinski definition) is 1. The number of nitrogens with zero attached hydrogens (tertiary/aromatic N) is 1. The number of halogens is 2. The minimum Gasteiger partial charge on any atom is -0.244 e. The fourth-order valence-corrected chi connectivity index (χ4v) is 1.72. The maximum Gasteiger partial charge on any atom is 0.295 e. The van der Waals surface area contributed by atoms with Crippen LogP contribution in [0, 0.1) is 0 Å². The van der Waals surface area contributed by atoms with Gasteiger partial charge in [-0.2, -0.15) is 8.78 Å². The van der Waals surface area contributed by atoms with E-state index in [1.165, 1.54) is 4.90 Å². The van der Waals surface area contributed by atoms with E-state index in [4.69, 9.17) is 0 Å². The van der Waals surface area contributed by atoms with E-state index in [9.17, 15) is 8.78 Å². The van der Waals surface area contributed by atoms with Crippen molar-refractivity contribution in [2.24, 2.45) is 0 Å². The molecule has 1 heterocycles. The Balaban J connectivity index is 2.44. The van der Waals surface area contributed by atoms with Crippen molar-refractivity contribution in [2.75, 3.05) is 6.54 Å². The molecule has 0 aromatic carbocycles. The van der Waals surface area contributed by atoms with Crippen LogP contribution < -0.4 is 0 Å². The van der Waals surface area contributed by atoms with Gasteiger partial charge in [-0.25, -0.2) is 4.90 Å². The maximum absolute atomic E-state index is 12.3. The second-order valence-electron chi connectivity index (χ2n) is 3.07. The third-order valence-corrected chi connectivity index (χ3v) is 2.39. The summed E-state index contributed by atoms with van der Waals surface area (Å²) in [7, 11) is 0. The molecule has 1 fully saturated rings. The van der Waals surface area contributed by atoms with E-state index >= 15 is 0 Å². The quantitative estimate of drug-likeness (QED) is 0.565. The smallest absolute Gasteiger partial charge is 0.244 e. The van der Waals surface area contributed by atoms with Gasteiger partial charge in [0.1, 0.15) is 0 Å². The Hall–Kier alpha value is -0.180. The molecular weight excluding hydrogens is 148 g/mol. The van der Waals surface area contributed by atoms with Gasteiger partial charge in [0.2, 0.25) is 0 Å². The Morgan fingerprint density at radius 3 is 2.64 bits per heavy atom. The van der Waals surface area contributed by atoms with Crippen LogP contribution in [0.4, 0.5) is 8.78 Å². The van der Waals surface area contributed by atoms with Crippen LogP contribution in [0.3, 0.4) is 0 Å². The summed E-state index contributed by atoms with van der Waals surface area (Å²) >= 11 is 0. The normalized spacial score (nSPS) is 27.8. The molecule has 1 aliphatic rings. The molecule has 0 spiro atoms. The van der Waals surface area contributed by atoms with Gasteiger partial charge in [-0.05, 0) is 19.3 Å². The average molecular weight is 163 g/mol. The fourth-order valence-electron chi connectivity index (χ4n) is 1.72. The first kappa shape index (κ1) is 8.91. The number of alkyl halides is 2. The average Bonchev–Trinajstić information content (AvgIpc) is 2.04. The van der Waals surface area contributed by atoms with Crippen LogP contribution in [-0.2, 0) is 0 Å². The van der Waals surface area contributed by atoms with E-state index < -0.39 is 6.55 Å². The summed E-state index contributed by atoms with van der Waals surface area (Å²) in [5.41, 5.74) is 0. The molecule has 66 valence electrons. The molecule has 1 nitrogen and oxygen atoms in total. The lowest BCUT2D eigenvalue weighted by Crippen LogP contribution is -2.42. The fraction of sp³-hybridized carbons (Fsp3) is 1.00. The van der Waals surface area contributed by atoms with E-state index in [1.807, 2.05) is 6.92 Å². The van der Waals surface area contributed by atoms with E-state index in [-0.39, 0.29) is 6.04 Å². The first-order chi connectivity index (χ1) is 5.25. The zero-order chi connectivity index (χ0) is 8.27. The molecule has 0 amide bonds. The van der Waals surface area contributed by atoms with Gasteiger partial charge in [0.25, 0.3) is 6.55 Å². The predicted molar refractivity (Wildman–Crippen MR) is 40.6 cm³/mol. The predicted octanol–water partition coefficient (Wildman–Crippen LogP) is 2.47. The van der Waals surface area contributed by atoms with Crippen LogP contribution in [0.1, 0.15) is 32.6 Å². The summed E-state index contributed by atoms with van der Waals surface area (Å²) < 4.78 is 24.6. The van der Waals surface area contributed by atoms with Crippen LogP contribution in [0.2, 0.25) is 0 Å². The summed E-state index contributed by atoms with van der Waals surface area (Å²) in [6.07, 6.45) is 3.84. The van der Waals surface area contributed by atoms with Crippen LogP contribution in [0.25, 0.3) is 0 Å². The summed E-state index contributed by atoms with van der Waals surface area (Å²) in [4.78, 5) is 1.32. The third kappa shape index (κ3) is 2.12. The molecule has 0 N–H and O–H groups in total. The van der Waals surface area contributed by atoms with Crippen molar-refractivity contribution in [3.8, 4) is 0 Å². The first-order valence-corrected chi connectivity index (χ1v) is 4.29. The second-order valence-corrected chi connectivity index (χ2v) is 3.07. The molecule has 0 radical (unpaired) electrons. The van der Waals surface area contributed by atoms with E-state index in [2.05, 4.69) is 0 Å². The summed E-state index contributed by atoms with van der Waals surface area (Å²) in [6, 6.07) is 0.128. The van der Waals surface area contributed by atoms with Gasteiger partial charge in [0.15, 0.2) is 0 Å². The van der Waals surface area contributed by atoms with Gasteiger partial charge < -0.3 is 0 Å². The van der Waals surface area contributed by atoms with Gasteiger partial charge in [-0.15, -0.1) is 0 Å². The minimum atomic E-state index is -2.25. The first-order valence-electron chi connectivity index (χ1n) is 4.29. The van der Waals surface area contributed by atoms with Gasteiger partial charge in [0.05, 0.1) is 0 Å². The molecule has 1 saturated heterocycles. The Labute approximate surface area is 66.4 Å². The maximum atomic E-state index is 12.3. The van der Waals surface area contributed by atoms with Gasteiger partial charge in [-0.1, -0.05) is 13.3 Å². The number of piperidine rings is 1. The van der Waals surface area contributed by atoms with E-state index in [0.717, 1.165) is 25.7 Å². The Morgan fingerprint density at radius 2 is 2.18 bits per heavy atom. The monoisotopic (exact) mass is 163 g/mol. The van der Waals surface area contributed by atoms with Gasteiger partial charge in [0, 0.05) is 12.6 Å². The van der Waals surface area contributed by atoms with Crippen LogP contribution in [-0.4, -0.2) is 24.0 Å². The standard InChI is InChI=1S/C8H15F2N/c1-2-7-5-3-4-6-11(7)8(9)10/h7-8H,2-6H2,1H3. The number of rotatable bonds is 2. The van der Waals surface area contributed by atoms with E-state index in [1.54, 1.807) is 0 Å². The molecule has 0 aromatic rings. The summed E-state index contributed by atoms with van der Waals surface area (Å²) in [5.74, 6) is 0. The highest BCUT2D eigenvalue weighted by Crippen LogP contribution is 2.22. The zero-order valence-corrected chi connectivity index (χ0v) is 6.89. The van der Waals surface area contributed by atoms with Gasteiger partial charge in [-0.3, -0.25) is 0 Å². The highest BCUT2D eigenvalue weighted by Gasteiger charge is 2.26. The van der Waals surface area contributed by atoms with Crippen molar-refractivity contribution in [3.05, 3.63) is 0 Å². The summed E-state index contributed by atoms with van der Waals surface area (Å²) in [6.45, 7) is 0.307. The largest absolute Gasteiger partial charge is 0.295 e. The number of likely N-dealkylation sites (tertiary alicyclic amines) is 1. The highest BCUT2D eigenvalue weighted by atomic mass is 19.3. The molecule has 0 bridgehead atoms.